The maximum absolute atomic E-state index is 14.5. The van der Waals surface area contributed by atoms with Crippen molar-refractivity contribution in [1.82, 2.24) is 34.6 Å². The highest BCUT2D eigenvalue weighted by Crippen LogP contribution is 2.26. The summed E-state index contributed by atoms with van der Waals surface area (Å²) in [4.78, 5) is 4.85. The van der Waals surface area contributed by atoms with Gasteiger partial charge in [0.2, 0.25) is 4.96 Å². The molecule has 26 heavy (non-hydrogen) atoms. The van der Waals surface area contributed by atoms with Crippen molar-refractivity contribution in [2.45, 2.75) is 6.42 Å². The first kappa shape index (κ1) is 15.1. The first-order valence-electron chi connectivity index (χ1n) is 7.91. The lowest BCUT2D eigenvalue weighted by Crippen LogP contribution is -2.00. The van der Waals surface area contributed by atoms with Crippen LogP contribution >= 0.6 is 11.3 Å². The highest BCUT2D eigenvalue weighted by atomic mass is 32.1. The second kappa shape index (κ2) is 5.67. The predicted molar refractivity (Wildman–Crippen MR) is 95.4 cm³/mol. The Balaban J connectivity index is 1.55. The van der Waals surface area contributed by atoms with E-state index in [-0.39, 0.29) is 5.82 Å². The monoisotopic (exact) mass is 365 g/mol. The molecular weight excluding hydrogens is 353 g/mol. The van der Waals surface area contributed by atoms with Gasteiger partial charge in [0.15, 0.2) is 10.8 Å². The van der Waals surface area contributed by atoms with E-state index in [4.69, 9.17) is 0 Å². The molecule has 5 aromatic rings. The molecular formula is C17H12FN7S. The van der Waals surface area contributed by atoms with Gasteiger partial charge in [-0.2, -0.15) is 14.7 Å². The highest BCUT2D eigenvalue weighted by Gasteiger charge is 2.16. The lowest BCUT2D eigenvalue weighted by molar-refractivity contribution is 0.612. The van der Waals surface area contributed by atoms with Gasteiger partial charge < -0.3 is 0 Å². The van der Waals surface area contributed by atoms with Crippen LogP contribution < -0.4 is 0 Å². The molecule has 1 aromatic carbocycles. The molecule has 0 amide bonds. The smallest absolute Gasteiger partial charge is 0.234 e. The van der Waals surface area contributed by atoms with Crippen LogP contribution in [0.3, 0.4) is 0 Å². The molecule has 0 N–H and O–H groups in total. The van der Waals surface area contributed by atoms with Crippen LogP contribution in [0.4, 0.5) is 4.39 Å². The number of pyridine rings is 1. The highest BCUT2D eigenvalue weighted by molar-refractivity contribution is 7.19. The number of aryl methyl sites for hydroxylation is 1. The summed E-state index contributed by atoms with van der Waals surface area (Å²) in [6.45, 7) is 0. The normalized spacial score (nSPS) is 11.6. The Bertz CT molecular complexity index is 1250. The third kappa shape index (κ3) is 2.44. The zero-order valence-corrected chi connectivity index (χ0v) is 14.5. The minimum atomic E-state index is -0.310. The summed E-state index contributed by atoms with van der Waals surface area (Å²) in [6, 6.07) is 6.99. The quantitative estimate of drug-likeness (QED) is 0.491. The van der Waals surface area contributed by atoms with E-state index in [9.17, 15) is 4.39 Å². The second-order valence-electron chi connectivity index (χ2n) is 5.94. The molecule has 0 unspecified atom stereocenters. The number of rotatable bonds is 3. The molecule has 0 aliphatic carbocycles. The largest absolute Gasteiger partial charge is 0.275 e. The maximum atomic E-state index is 14.5. The number of benzene rings is 1. The van der Waals surface area contributed by atoms with Crippen molar-refractivity contribution in [3.63, 3.8) is 0 Å². The van der Waals surface area contributed by atoms with Gasteiger partial charge in [-0.15, -0.1) is 10.2 Å². The van der Waals surface area contributed by atoms with Gasteiger partial charge in [0.25, 0.3) is 0 Å². The predicted octanol–water partition coefficient (Wildman–Crippen LogP) is 2.86. The summed E-state index contributed by atoms with van der Waals surface area (Å²) in [6.07, 6.45) is 5.59. The standard InChI is InChI=1S/C17H12FN7S/c1-24-9-12(8-20-24)16-23-25-15(21-22-17(25)26-16)6-11-5-10-3-2-4-19-14(10)7-13(11)18/h2-5,7-9H,6H2,1H3. The zero-order chi connectivity index (χ0) is 17.7. The Kier molecular flexibility index (Phi) is 3.29. The summed E-state index contributed by atoms with van der Waals surface area (Å²) < 4.78 is 17.8. The molecule has 0 saturated carbocycles. The molecule has 128 valence electrons. The maximum Gasteiger partial charge on any atom is 0.234 e. The molecule has 5 rings (SSSR count). The number of aromatic nitrogens is 7. The molecule has 0 saturated heterocycles. The van der Waals surface area contributed by atoms with Crippen LogP contribution in [0.5, 0.6) is 0 Å². The van der Waals surface area contributed by atoms with E-state index >= 15 is 0 Å². The SMILES string of the molecule is Cn1cc(-c2nn3c(Cc4cc5cccnc5cc4F)nnc3s2)cn1. The number of nitrogens with zero attached hydrogens (tertiary/aromatic N) is 7. The number of fused-ring (bicyclic) bond motifs is 2. The summed E-state index contributed by atoms with van der Waals surface area (Å²) in [5.41, 5.74) is 2.08. The van der Waals surface area contributed by atoms with Crippen molar-refractivity contribution in [3.8, 4) is 10.6 Å². The molecule has 0 aliphatic rings. The molecule has 7 nitrogen and oxygen atoms in total. The Morgan fingerprint density at radius 3 is 3.00 bits per heavy atom. The lowest BCUT2D eigenvalue weighted by Gasteiger charge is -2.04. The van der Waals surface area contributed by atoms with Crippen LogP contribution in [0.25, 0.3) is 26.4 Å². The molecule has 4 heterocycles. The number of hydrogen-bond acceptors (Lipinski definition) is 6. The molecule has 4 aromatic heterocycles. The Morgan fingerprint density at radius 2 is 2.15 bits per heavy atom. The van der Waals surface area contributed by atoms with Crippen LogP contribution in [0, 0.1) is 5.82 Å². The molecule has 0 aliphatic heterocycles. The third-order valence-electron chi connectivity index (χ3n) is 4.13. The molecule has 0 atom stereocenters. The van der Waals surface area contributed by atoms with Crippen molar-refractivity contribution in [3.05, 3.63) is 60.1 Å². The van der Waals surface area contributed by atoms with Crippen LogP contribution in [-0.2, 0) is 13.5 Å². The molecule has 9 heteroatoms. The average Bonchev–Trinajstić information content (AvgIpc) is 3.32. The van der Waals surface area contributed by atoms with Crippen molar-refractivity contribution < 1.29 is 4.39 Å². The van der Waals surface area contributed by atoms with Crippen molar-refractivity contribution in [1.29, 1.82) is 0 Å². The summed E-state index contributed by atoms with van der Waals surface area (Å²) in [5.74, 6) is 0.282. The van der Waals surface area contributed by atoms with E-state index in [1.165, 1.54) is 17.4 Å². The first-order chi connectivity index (χ1) is 12.7. The molecule has 0 spiro atoms. The topological polar surface area (TPSA) is 73.8 Å². The molecule has 0 bridgehead atoms. The van der Waals surface area contributed by atoms with Gasteiger partial charge in [0.05, 0.1) is 17.3 Å². The van der Waals surface area contributed by atoms with Gasteiger partial charge >= 0.3 is 0 Å². The lowest BCUT2D eigenvalue weighted by atomic mass is 10.1. The van der Waals surface area contributed by atoms with E-state index in [0.29, 0.717) is 28.3 Å². The summed E-state index contributed by atoms with van der Waals surface area (Å²) >= 11 is 1.42. The van der Waals surface area contributed by atoms with Crippen molar-refractivity contribution in [2.24, 2.45) is 7.05 Å². The van der Waals surface area contributed by atoms with Crippen LogP contribution in [0.1, 0.15) is 11.4 Å². The minimum absolute atomic E-state index is 0.300. The van der Waals surface area contributed by atoms with Gasteiger partial charge in [0.1, 0.15) is 5.82 Å². The van der Waals surface area contributed by atoms with E-state index in [1.54, 1.807) is 27.7 Å². The van der Waals surface area contributed by atoms with Gasteiger partial charge in [-0.1, -0.05) is 17.4 Å². The van der Waals surface area contributed by atoms with Crippen LogP contribution in [0.15, 0.2) is 42.9 Å². The molecule has 0 radical (unpaired) electrons. The van der Waals surface area contributed by atoms with Crippen LogP contribution in [0.2, 0.25) is 0 Å². The van der Waals surface area contributed by atoms with Gasteiger partial charge in [-0.25, -0.2) is 4.39 Å². The summed E-state index contributed by atoms with van der Waals surface area (Å²) in [5, 5.41) is 18.8. The number of hydrogen-bond donors (Lipinski definition) is 0. The fourth-order valence-electron chi connectivity index (χ4n) is 2.86. The minimum Gasteiger partial charge on any atom is -0.275 e. The van der Waals surface area contributed by atoms with Crippen molar-refractivity contribution >= 4 is 27.2 Å². The van der Waals surface area contributed by atoms with E-state index in [2.05, 4.69) is 25.4 Å². The fraction of sp³-hybridized carbons (Fsp3) is 0.118. The first-order valence-corrected chi connectivity index (χ1v) is 8.72. The fourth-order valence-corrected chi connectivity index (χ4v) is 3.70. The Hall–Kier alpha value is -3.20. The molecule has 0 fully saturated rings. The van der Waals surface area contributed by atoms with Crippen LogP contribution in [-0.4, -0.2) is 34.6 Å². The van der Waals surface area contributed by atoms with E-state index < -0.39 is 0 Å². The third-order valence-corrected chi connectivity index (χ3v) is 5.07. The number of halogens is 1. The van der Waals surface area contributed by atoms with Gasteiger partial charge in [0, 0.05) is 37.3 Å². The van der Waals surface area contributed by atoms with E-state index in [0.717, 1.165) is 16.0 Å². The van der Waals surface area contributed by atoms with E-state index in [1.807, 2.05) is 25.4 Å². The van der Waals surface area contributed by atoms with Crippen molar-refractivity contribution in [2.75, 3.05) is 0 Å². The van der Waals surface area contributed by atoms with Gasteiger partial charge in [-0.3, -0.25) is 9.67 Å². The Labute approximate surface area is 150 Å². The zero-order valence-electron chi connectivity index (χ0n) is 13.7. The average molecular weight is 365 g/mol. The second-order valence-corrected chi connectivity index (χ2v) is 6.89. The Morgan fingerprint density at radius 1 is 1.23 bits per heavy atom. The summed E-state index contributed by atoms with van der Waals surface area (Å²) in [7, 11) is 1.85. The van der Waals surface area contributed by atoms with Gasteiger partial charge in [-0.05, 0) is 17.7 Å².